The summed E-state index contributed by atoms with van der Waals surface area (Å²) >= 11 is 0. The first-order valence-corrected chi connectivity index (χ1v) is 8.13. The molecule has 28 heavy (non-hydrogen) atoms. The second-order valence-corrected chi connectivity index (χ2v) is 6.03. The Morgan fingerprint density at radius 1 is 1.00 bits per heavy atom. The quantitative estimate of drug-likeness (QED) is 0.586. The Balaban J connectivity index is 1.89. The van der Waals surface area contributed by atoms with Gasteiger partial charge >= 0.3 is 0 Å². The van der Waals surface area contributed by atoms with E-state index in [1.54, 1.807) is 0 Å². The van der Waals surface area contributed by atoms with Gasteiger partial charge < -0.3 is 9.88 Å². The van der Waals surface area contributed by atoms with Gasteiger partial charge in [-0.15, -0.1) is 5.10 Å². The van der Waals surface area contributed by atoms with E-state index in [4.69, 9.17) is 0 Å². The maximum absolute atomic E-state index is 14.2. The fourth-order valence-corrected chi connectivity index (χ4v) is 2.89. The maximum atomic E-state index is 14.2. The fraction of sp³-hybridized carbons (Fsp3) is 0.0526. The van der Waals surface area contributed by atoms with Crippen LogP contribution in [-0.2, 0) is 7.05 Å². The van der Waals surface area contributed by atoms with Crippen LogP contribution in [0.15, 0.2) is 53.6 Å². The molecule has 0 saturated heterocycles. The summed E-state index contributed by atoms with van der Waals surface area (Å²) in [4.78, 5) is 16.6. The largest absolute Gasteiger partial charge is 0.336 e. The summed E-state index contributed by atoms with van der Waals surface area (Å²) in [6.45, 7) is 0. The van der Waals surface area contributed by atoms with Gasteiger partial charge in [-0.1, -0.05) is 0 Å². The summed E-state index contributed by atoms with van der Waals surface area (Å²) in [5.74, 6) is -1.75. The molecule has 6 nitrogen and oxygen atoms in total. The highest BCUT2D eigenvalue weighted by Gasteiger charge is 2.17. The number of anilines is 2. The van der Waals surface area contributed by atoms with Gasteiger partial charge in [0.15, 0.2) is 0 Å². The van der Waals surface area contributed by atoms with Gasteiger partial charge in [0.05, 0.1) is 17.9 Å². The van der Waals surface area contributed by atoms with Gasteiger partial charge in [0, 0.05) is 24.1 Å². The lowest BCUT2D eigenvalue weighted by Crippen LogP contribution is -2.21. The van der Waals surface area contributed by atoms with Crippen molar-refractivity contribution in [2.75, 3.05) is 5.32 Å². The average Bonchev–Trinajstić information content (AvgIpc) is 2.67. The third kappa shape index (κ3) is 3.07. The first-order chi connectivity index (χ1) is 13.4. The van der Waals surface area contributed by atoms with Gasteiger partial charge in [-0.05, 0) is 30.3 Å². The summed E-state index contributed by atoms with van der Waals surface area (Å²) < 4.78 is 41.8. The first kappa shape index (κ1) is 17.7. The van der Waals surface area contributed by atoms with Crippen LogP contribution in [-0.4, -0.2) is 19.7 Å². The van der Waals surface area contributed by atoms with Crippen LogP contribution in [0.25, 0.3) is 22.2 Å². The number of benzene rings is 1. The molecule has 0 radical (unpaired) electrons. The number of nitrogens with one attached hydrogen (secondary N) is 1. The minimum absolute atomic E-state index is 0.0235. The highest BCUT2D eigenvalue weighted by atomic mass is 19.1. The molecule has 0 amide bonds. The molecule has 4 aromatic rings. The monoisotopic (exact) mass is 383 g/mol. The highest BCUT2D eigenvalue weighted by molar-refractivity contribution is 5.93. The number of pyridine rings is 2. The summed E-state index contributed by atoms with van der Waals surface area (Å²) in [6.07, 6.45) is 2.44. The fourth-order valence-electron chi connectivity index (χ4n) is 2.89. The van der Waals surface area contributed by atoms with E-state index in [2.05, 4.69) is 20.5 Å². The van der Waals surface area contributed by atoms with E-state index in [0.717, 1.165) is 18.3 Å². The number of hydrogen-bond acceptors (Lipinski definition) is 5. The lowest BCUT2D eigenvalue weighted by molar-refractivity contribution is 0.585. The lowest BCUT2D eigenvalue weighted by atomic mass is 10.1. The number of halogens is 3. The van der Waals surface area contributed by atoms with Crippen LogP contribution >= 0.6 is 0 Å². The molecule has 3 aromatic heterocycles. The van der Waals surface area contributed by atoms with Gasteiger partial charge in [-0.2, -0.15) is 5.10 Å². The zero-order valence-corrected chi connectivity index (χ0v) is 14.4. The van der Waals surface area contributed by atoms with Crippen LogP contribution < -0.4 is 10.9 Å². The van der Waals surface area contributed by atoms with E-state index in [9.17, 15) is 18.0 Å². The smallest absolute Gasteiger partial charge is 0.274 e. The van der Waals surface area contributed by atoms with Crippen molar-refractivity contribution in [1.82, 2.24) is 19.7 Å². The minimum Gasteiger partial charge on any atom is -0.336 e. The van der Waals surface area contributed by atoms with Crippen molar-refractivity contribution in [3.8, 4) is 11.3 Å². The molecule has 0 unspecified atom stereocenters. The standard InChI is InChI=1S/C19H12F3N5O/c1-27-18-10(6-15(19(27)28)25-16-5-3-12(21)9-23-16)8-24-26-17(18)13-4-2-11(20)7-14(13)22/h2-9H,1H3,(H,23,25). The van der Waals surface area contributed by atoms with Gasteiger partial charge in [0.1, 0.15) is 34.7 Å². The zero-order valence-electron chi connectivity index (χ0n) is 14.4. The number of aryl methyl sites for hydroxylation is 1. The van der Waals surface area contributed by atoms with E-state index in [-0.39, 0.29) is 22.8 Å². The van der Waals surface area contributed by atoms with Crippen LogP contribution in [0.5, 0.6) is 0 Å². The Morgan fingerprint density at radius 2 is 1.79 bits per heavy atom. The predicted molar refractivity (Wildman–Crippen MR) is 97.6 cm³/mol. The van der Waals surface area contributed by atoms with Crippen molar-refractivity contribution in [3.63, 3.8) is 0 Å². The molecule has 0 fully saturated rings. The summed E-state index contributed by atoms with van der Waals surface area (Å²) in [7, 11) is 1.50. The van der Waals surface area contributed by atoms with E-state index >= 15 is 0 Å². The SMILES string of the molecule is Cn1c(=O)c(Nc2ccc(F)cn2)cc2cnnc(-c3ccc(F)cc3F)c21. The molecule has 0 aliphatic rings. The van der Waals surface area contributed by atoms with Gasteiger partial charge in [0.25, 0.3) is 5.56 Å². The van der Waals surface area contributed by atoms with Crippen molar-refractivity contribution in [1.29, 1.82) is 0 Å². The van der Waals surface area contributed by atoms with Crippen LogP contribution in [0.1, 0.15) is 0 Å². The van der Waals surface area contributed by atoms with Crippen LogP contribution in [0.3, 0.4) is 0 Å². The second-order valence-electron chi connectivity index (χ2n) is 6.03. The molecule has 9 heteroatoms. The van der Waals surface area contributed by atoms with Crippen molar-refractivity contribution >= 4 is 22.4 Å². The molecule has 0 spiro atoms. The van der Waals surface area contributed by atoms with E-state index in [0.29, 0.717) is 10.9 Å². The Kier molecular flexibility index (Phi) is 4.26. The highest BCUT2D eigenvalue weighted by Crippen LogP contribution is 2.28. The molecular weight excluding hydrogens is 371 g/mol. The predicted octanol–water partition coefficient (Wildman–Crippen LogP) is 3.55. The van der Waals surface area contributed by atoms with Gasteiger partial charge in [-0.3, -0.25) is 4.79 Å². The molecule has 0 saturated carbocycles. The lowest BCUT2D eigenvalue weighted by Gasteiger charge is -2.13. The van der Waals surface area contributed by atoms with Crippen LogP contribution in [0.2, 0.25) is 0 Å². The van der Waals surface area contributed by atoms with E-state index in [1.807, 2.05) is 0 Å². The summed E-state index contributed by atoms with van der Waals surface area (Å²) in [6, 6.07) is 7.21. The zero-order chi connectivity index (χ0) is 19.8. The normalized spacial score (nSPS) is 11.0. The molecule has 1 N–H and O–H groups in total. The Morgan fingerprint density at radius 3 is 2.50 bits per heavy atom. The van der Waals surface area contributed by atoms with E-state index in [1.165, 1.54) is 42.1 Å². The second kappa shape index (κ2) is 6.76. The van der Waals surface area contributed by atoms with Crippen LogP contribution in [0, 0.1) is 17.5 Å². The van der Waals surface area contributed by atoms with Crippen molar-refractivity contribution in [2.24, 2.45) is 7.05 Å². The first-order valence-electron chi connectivity index (χ1n) is 8.13. The minimum atomic E-state index is -0.813. The third-order valence-corrected chi connectivity index (χ3v) is 4.20. The molecule has 3 heterocycles. The summed E-state index contributed by atoms with van der Waals surface area (Å²) in [5, 5.41) is 11.1. The Hall–Kier alpha value is -3.75. The molecule has 0 aliphatic carbocycles. The van der Waals surface area contributed by atoms with E-state index < -0.39 is 23.0 Å². The van der Waals surface area contributed by atoms with Gasteiger partial charge in [-0.25, -0.2) is 18.2 Å². The molecule has 140 valence electrons. The topological polar surface area (TPSA) is 72.7 Å². The number of nitrogens with zero attached hydrogens (tertiary/aromatic N) is 4. The van der Waals surface area contributed by atoms with Crippen molar-refractivity contribution < 1.29 is 13.2 Å². The maximum Gasteiger partial charge on any atom is 0.274 e. The number of hydrogen-bond donors (Lipinski definition) is 1. The Bertz CT molecular complexity index is 1260. The molecule has 4 rings (SSSR count). The molecule has 1 aromatic carbocycles. The third-order valence-electron chi connectivity index (χ3n) is 4.20. The molecule has 0 atom stereocenters. The number of fused-ring (bicyclic) bond motifs is 1. The number of rotatable bonds is 3. The Labute approximate surface area is 156 Å². The number of aromatic nitrogens is 4. The average molecular weight is 383 g/mol. The van der Waals surface area contributed by atoms with Crippen LogP contribution in [0.4, 0.5) is 24.7 Å². The molecule has 0 bridgehead atoms. The molecular formula is C19H12F3N5O. The van der Waals surface area contributed by atoms with Crippen molar-refractivity contribution in [3.05, 3.63) is 76.6 Å². The summed E-state index contributed by atoms with van der Waals surface area (Å²) in [5.41, 5.74) is 0.211. The molecule has 0 aliphatic heterocycles. The van der Waals surface area contributed by atoms with Crippen molar-refractivity contribution in [2.45, 2.75) is 0 Å². The van der Waals surface area contributed by atoms with Gasteiger partial charge in [0.2, 0.25) is 0 Å².